The second-order valence-corrected chi connectivity index (χ2v) is 8.65. The van der Waals surface area contributed by atoms with E-state index in [1.807, 2.05) is 0 Å². The van der Waals surface area contributed by atoms with Gasteiger partial charge in [0.2, 0.25) is 5.91 Å². The predicted molar refractivity (Wildman–Crippen MR) is 93.3 cm³/mol. The Kier molecular flexibility index (Phi) is 4.82. The molecule has 3 rings (SSSR count). The van der Waals surface area contributed by atoms with E-state index in [0.29, 0.717) is 17.7 Å². The molecular formula is C19H27NOS. The maximum Gasteiger partial charge on any atom is 0.235 e. The Morgan fingerprint density at radius 1 is 1.18 bits per heavy atom. The van der Waals surface area contributed by atoms with E-state index in [1.54, 1.807) is 11.8 Å². The topological polar surface area (TPSA) is 20.3 Å². The molecule has 1 aliphatic carbocycles. The number of carbonyl (C=O) groups is 1. The lowest BCUT2D eigenvalue weighted by atomic mass is 9.92. The Morgan fingerprint density at radius 3 is 2.59 bits per heavy atom. The Hall–Kier alpha value is -0.960. The fourth-order valence-electron chi connectivity index (χ4n) is 3.98. The highest BCUT2D eigenvalue weighted by Crippen LogP contribution is 2.31. The van der Waals surface area contributed by atoms with Crippen LogP contribution in [0, 0.1) is 11.8 Å². The van der Waals surface area contributed by atoms with Crippen molar-refractivity contribution in [2.45, 2.75) is 56.6 Å². The minimum atomic E-state index is 0.0111. The molecule has 2 nitrogen and oxygen atoms in total. The lowest BCUT2D eigenvalue weighted by molar-refractivity contribution is -0.132. The van der Waals surface area contributed by atoms with Crippen molar-refractivity contribution in [3.63, 3.8) is 0 Å². The van der Waals surface area contributed by atoms with Gasteiger partial charge in [-0.2, -0.15) is 0 Å². The molecule has 0 bridgehead atoms. The second kappa shape index (κ2) is 6.66. The van der Waals surface area contributed by atoms with Crippen LogP contribution in [0.4, 0.5) is 0 Å². The SMILES string of the molecule is CC1CC(C)CN(C(=O)C(C)Sc2ccc3c(c2)CCC3)C1. The summed E-state index contributed by atoms with van der Waals surface area (Å²) in [6.07, 6.45) is 4.95. The van der Waals surface area contributed by atoms with E-state index in [-0.39, 0.29) is 5.25 Å². The number of piperidine rings is 1. The zero-order valence-corrected chi connectivity index (χ0v) is 14.8. The van der Waals surface area contributed by atoms with Crippen molar-refractivity contribution < 1.29 is 4.79 Å². The van der Waals surface area contributed by atoms with Crippen LogP contribution in [0.1, 0.15) is 44.7 Å². The van der Waals surface area contributed by atoms with Crippen molar-refractivity contribution in [1.82, 2.24) is 4.90 Å². The van der Waals surface area contributed by atoms with Gasteiger partial charge in [-0.05, 0) is 67.7 Å². The second-order valence-electron chi connectivity index (χ2n) is 7.23. The van der Waals surface area contributed by atoms with Gasteiger partial charge in [0.1, 0.15) is 0 Å². The van der Waals surface area contributed by atoms with Crippen LogP contribution in [-0.4, -0.2) is 29.1 Å². The average molecular weight is 317 g/mol. The third-order valence-corrected chi connectivity index (χ3v) is 5.99. The molecule has 0 saturated carbocycles. The van der Waals surface area contributed by atoms with Gasteiger partial charge in [-0.3, -0.25) is 4.79 Å². The first-order chi connectivity index (χ1) is 10.5. The summed E-state index contributed by atoms with van der Waals surface area (Å²) in [5.74, 6) is 1.57. The quantitative estimate of drug-likeness (QED) is 0.780. The molecule has 1 heterocycles. The third-order valence-electron chi connectivity index (χ3n) is 4.91. The standard InChI is InChI=1S/C19H27NOS/c1-13-9-14(2)12-20(11-13)19(21)15(3)22-18-8-7-16-5-4-6-17(16)10-18/h7-8,10,13-15H,4-6,9,11-12H2,1-3H3. The summed E-state index contributed by atoms with van der Waals surface area (Å²) in [6.45, 7) is 8.43. The summed E-state index contributed by atoms with van der Waals surface area (Å²) < 4.78 is 0. The monoisotopic (exact) mass is 317 g/mol. The third kappa shape index (κ3) is 3.51. The van der Waals surface area contributed by atoms with Gasteiger partial charge in [-0.15, -0.1) is 11.8 Å². The summed E-state index contributed by atoms with van der Waals surface area (Å²) in [4.78, 5) is 16.1. The summed E-state index contributed by atoms with van der Waals surface area (Å²) in [5, 5.41) is 0.0111. The first-order valence-electron chi connectivity index (χ1n) is 8.60. The molecule has 1 saturated heterocycles. The normalized spacial score (nSPS) is 25.9. The Morgan fingerprint density at radius 2 is 1.86 bits per heavy atom. The summed E-state index contributed by atoms with van der Waals surface area (Å²) in [6, 6.07) is 6.76. The molecule has 0 aromatic heterocycles. The molecule has 3 unspecified atom stereocenters. The minimum Gasteiger partial charge on any atom is -0.341 e. The lowest BCUT2D eigenvalue weighted by Crippen LogP contribution is -2.45. The van der Waals surface area contributed by atoms with Crippen molar-refractivity contribution in [1.29, 1.82) is 0 Å². The highest BCUT2D eigenvalue weighted by atomic mass is 32.2. The molecule has 120 valence electrons. The van der Waals surface area contributed by atoms with Gasteiger partial charge in [0.05, 0.1) is 5.25 Å². The number of carbonyl (C=O) groups excluding carboxylic acids is 1. The fraction of sp³-hybridized carbons (Fsp3) is 0.632. The predicted octanol–water partition coefficient (Wildman–Crippen LogP) is 4.16. The summed E-state index contributed by atoms with van der Waals surface area (Å²) >= 11 is 1.72. The molecule has 1 aliphatic heterocycles. The zero-order chi connectivity index (χ0) is 15.7. The highest BCUT2D eigenvalue weighted by molar-refractivity contribution is 8.00. The van der Waals surface area contributed by atoms with Crippen LogP contribution in [0.5, 0.6) is 0 Å². The maximum atomic E-state index is 12.7. The number of nitrogens with zero attached hydrogens (tertiary/aromatic N) is 1. The van der Waals surface area contributed by atoms with Gasteiger partial charge >= 0.3 is 0 Å². The lowest BCUT2D eigenvalue weighted by Gasteiger charge is -2.36. The fourth-order valence-corrected chi connectivity index (χ4v) is 4.99. The summed E-state index contributed by atoms with van der Waals surface area (Å²) in [5.41, 5.74) is 2.99. The molecule has 0 radical (unpaired) electrons. The Labute approximate surface area is 138 Å². The molecule has 22 heavy (non-hydrogen) atoms. The van der Waals surface area contributed by atoms with E-state index in [2.05, 4.69) is 43.9 Å². The number of thioether (sulfide) groups is 1. The molecule has 1 aromatic carbocycles. The number of likely N-dealkylation sites (tertiary alicyclic amines) is 1. The van der Waals surface area contributed by atoms with E-state index in [4.69, 9.17) is 0 Å². The van der Waals surface area contributed by atoms with Crippen molar-refractivity contribution in [2.75, 3.05) is 13.1 Å². The van der Waals surface area contributed by atoms with Crippen molar-refractivity contribution in [3.8, 4) is 0 Å². The van der Waals surface area contributed by atoms with Gasteiger partial charge in [-0.25, -0.2) is 0 Å². The molecule has 2 aliphatic rings. The van der Waals surface area contributed by atoms with Crippen LogP contribution in [0.25, 0.3) is 0 Å². The Balaban J connectivity index is 1.63. The first-order valence-corrected chi connectivity index (χ1v) is 9.48. The maximum absolute atomic E-state index is 12.7. The van der Waals surface area contributed by atoms with Gasteiger partial charge in [0.15, 0.2) is 0 Å². The van der Waals surface area contributed by atoms with Crippen molar-refractivity contribution in [2.24, 2.45) is 11.8 Å². The number of amides is 1. The number of hydrogen-bond donors (Lipinski definition) is 0. The molecule has 0 spiro atoms. The van der Waals surface area contributed by atoms with Gasteiger partial charge < -0.3 is 4.90 Å². The van der Waals surface area contributed by atoms with E-state index in [1.165, 1.54) is 41.7 Å². The molecule has 1 aromatic rings. The van der Waals surface area contributed by atoms with Gasteiger partial charge in [0, 0.05) is 18.0 Å². The van der Waals surface area contributed by atoms with Crippen molar-refractivity contribution in [3.05, 3.63) is 29.3 Å². The van der Waals surface area contributed by atoms with Crippen LogP contribution in [-0.2, 0) is 17.6 Å². The van der Waals surface area contributed by atoms with Crippen LogP contribution >= 0.6 is 11.8 Å². The largest absolute Gasteiger partial charge is 0.341 e. The van der Waals surface area contributed by atoms with E-state index < -0.39 is 0 Å². The number of benzene rings is 1. The van der Waals surface area contributed by atoms with Crippen LogP contribution < -0.4 is 0 Å². The van der Waals surface area contributed by atoms with Crippen molar-refractivity contribution >= 4 is 17.7 Å². The Bertz CT molecular complexity index is 546. The number of aryl methyl sites for hydroxylation is 2. The number of fused-ring (bicyclic) bond motifs is 1. The van der Waals surface area contributed by atoms with Gasteiger partial charge in [-0.1, -0.05) is 19.9 Å². The smallest absolute Gasteiger partial charge is 0.235 e. The molecule has 3 heteroatoms. The molecule has 1 amide bonds. The van der Waals surface area contributed by atoms with Gasteiger partial charge in [0.25, 0.3) is 0 Å². The van der Waals surface area contributed by atoms with E-state index >= 15 is 0 Å². The first kappa shape index (κ1) is 15.9. The van der Waals surface area contributed by atoms with E-state index in [0.717, 1.165) is 13.1 Å². The molecule has 3 atom stereocenters. The molecular weight excluding hydrogens is 290 g/mol. The van der Waals surface area contributed by atoms with Crippen LogP contribution in [0.3, 0.4) is 0 Å². The molecule has 0 N–H and O–H groups in total. The number of rotatable bonds is 3. The van der Waals surface area contributed by atoms with Crippen LogP contribution in [0.15, 0.2) is 23.1 Å². The van der Waals surface area contributed by atoms with E-state index in [9.17, 15) is 4.79 Å². The van der Waals surface area contributed by atoms with Crippen LogP contribution in [0.2, 0.25) is 0 Å². The minimum absolute atomic E-state index is 0.0111. The highest BCUT2D eigenvalue weighted by Gasteiger charge is 2.28. The molecule has 1 fully saturated rings. The summed E-state index contributed by atoms with van der Waals surface area (Å²) in [7, 11) is 0. The number of hydrogen-bond acceptors (Lipinski definition) is 2. The zero-order valence-electron chi connectivity index (χ0n) is 14.0. The average Bonchev–Trinajstić information content (AvgIpc) is 2.93.